The van der Waals surface area contributed by atoms with E-state index in [-0.39, 0.29) is 11.5 Å². The molecule has 0 saturated carbocycles. The topological polar surface area (TPSA) is 49.3 Å². The highest BCUT2D eigenvalue weighted by Crippen LogP contribution is 2.22. The molecule has 0 aliphatic carbocycles. The molecule has 0 bridgehead atoms. The van der Waals surface area contributed by atoms with Gasteiger partial charge in [-0.25, -0.2) is 4.79 Å². The third-order valence-corrected chi connectivity index (χ3v) is 2.24. The highest BCUT2D eigenvalue weighted by atomic mass is 35.5. The molecule has 78 valence electrons. The van der Waals surface area contributed by atoms with Gasteiger partial charge in [0.1, 0.15) is 0 Å². The number of nitrogens with one attached hydrogen (secondary N) is 1. The molecule has 0 aliphatic heterocycles. The van der Waals surface area contributed by atoms with Crippen molar-refractivity contribution < 1.29 is 9.90 Å². The zero-order valence-corrected chi connectivity index (χ0v) is 9.19. The van der Waals surface area contributed by atoms with Crippen molar-refractivity contribution in [3.8, 4) is 0 Å². The molecule has 0 aromatic carbocycles. The first-order chi connectivity index (χ1) is 5.88. The van der Waals surface area contributed by atoms with Crippen LogP contribution in [0.5, 0.6) is 0 Å². The summed E-state index contributed by atoms with van der Waals surface area (Å²) in [6.07, 6.45) is 0.665. The van der Waals surface area contributed by atoms with Crippen molar-refractivity contribution in [1.82, 2.24) is 5.32 Å². The Morgan fingerprint density at radius 1 is 1.54 bits per heavy atom. The van der Waals surface area contributed by atoms with Crippen LogP contribution in [0, 0.1) is 5.41 Å². The average molecular weight is 208 g/mol. The summed E-state index contributed by atoms with van der Waals surface area (Å²) in [5.74, 6) is 0.577. The zero-order chi connectivity index (χ0) is 10.5. The maximum atomic E-state index is 10.5. The zero-order valence-electron chi connectivity index (χ0n) is 8.43. The van der Waals surface area contributed by atoms with Crippen LogP contribution >= 0.6 is 11.6 Å². The van der Waals surface area contributed by atoms with E-state index in [1.807, 2.05) is 20.8 Å². The number of carboxylic acid groups (broad SMARTS) is 1. The highest BCUT2D eigenvalue weighted by molar-refractivity contribution is 6.17. The molecule has 0 spiro atoms. The van der Waals surface area contributed by atoms with Gasteiger partial charge in [0.15, 0.2) is 0 Å². The normalized spacial score (nSPS) is 13.8. The minimum Gasteiger partial charge on any atom is -0.465 e. The Bertz CT molecular complexity index is 165. The molecule has 0 aromatic heterocycles. The first-order valence-corrected chi connectivity index (χ1v) is 4.97. The van der Waals surface area contributed by atoms with Gasteiger partial charge in [-0.05, 0) is 18.3 Å². The van der Waals surface area contributed by atoms with E-state index >= 15 is 0 Å². The number of halogens is 1. The van der Waals surface area contributed by atoms with Gasteiger partial charge in [0.25, 0.3) is 0 Å². The van der Waals surface area contributed by atoms with Gasteiger partial charge in [-0.2, -0.15) is 0 Å². The highest BCUT2D eigenvalue weighted by Gasteiger charge is 2.25. The quantitative estimate of drug-likeness (QED) is 0.697. The number of hydrogen-bond acceptors (Lipinski definition) is 1. The maximum Gasteiger partial charge on any atom is 0.404 e. The lowest BCUT2D eigenvalue weighted by Crippen LogP contribution is -2.43. The molecule has 0 saturated heterocycles. The van der Waals surface area contributed by atoms with E-state index in [2.05, 4.69) is 5.32 Å². The molecular weight excluding hydrogens is 190 g/mol. The molecule has 1 amide bonds. The van der Waals surface area contributed by atoms with Crippen molar-refractivity contribution in [1.29, 1.82) is 0 Å². The van der Waals surface area contributed by atoms with Crippen molar-refractivity contribution in [2.24, 2.45) is 5.41 Å². The Kier molecular flexibility index (Phi) is 5.14. The standard InChI is InChI=1S/C9H18ClNO2/c1-9(2,3)7(5-4-6-10)11-8(12)13/h7,11H,4-6H2,1-3H3,(H,12,13). The summed E-state index contributed by atoms with van der Waals surface area (Å²) >= 11 is 5.56. The van der Waals surface area contributed by atoms with E-state index in [1.165, 1.54) is 0 Å². The monoisotopic (exact) mass is 207 g/mol. The second-order valence-corrected chi connectivity index (χ2v) is 4.58. The second kappa shape index (κ2) is 5.32. The Balaban J connectivity index is 4.11. The number of alkyl halides is 1. The van der Waals surface area contributed by atoms with Crippen LogP contribution in [-0.2, 0) is 0 Å². The first-order valence-electron chi connectivity index (χ1n) is 4.43. The molecule has 0 radical (unpaired) electrons. The van der Waals surface area contributed by atoms with Crippen molar-refractivity contribution >= 4 is 17.7 Å². The van der Waals surface area contributed by atoms with Crippen LogP contribution in [0.4, 0.5) is 4.79 Å². The molecule has 0 aliphatic rings. The number of hydrogen-bond donors (Lipinski definition) is 2. The molecule has 0 heterocycles. The number of carbonyl (C=O) groups is 1. The summed E-state index contributed by atoms with van der Waals surface area (Å²) < 4.78 is 0. The first kappa shape index (κ1) is 12.6. The lowest BCUT2D eigenvalue weighted by molar-refractivity contribution is 0.172. The Morgan fingerprint density at radius 3 is 2.38 bits per heavy atom. The smallest absolute Gasteiger partial charge is 0.404 e. The van der Waals surface area contributed by atoms with Crippen molar-refractivity contribution in [3.05, 3.63) is 0 Å². The summed E-state index contributed by atoms with van der Waals surface area (Å²) in [4.78, 5) is 10.5. The fraction of sp³-hybridized carbons (Fsp3) is 0.889. The van der Waals surface area contributed by atoms with Gasteiger partial charge in [-0.3, -0.25) is 0 Å². The molecule has 0 rings (SSSR count). The van der Waals surface area contributed by atoms with Crippen LogP contribution < -0.4 is 5.32 Å². The van der Waals surface area contributed by atoms with Gasteiger partial charge >= 0.3 is 6.09 Å². The minimum atomic E-state index is -0.963. The van der Waals surface area contributed by atoms with E-state index in [4.69, 9.17) is 16.7 Å². The number of rotatable bonds is 4. The molecule has 4 heteroatoms. The van der Waals surface area contributed by atoms with E-state index in [0.717, 1.165) is 12.8 Å². The summed E-state index contributed by atoms with van der Waals surface area (Å²) in [6.45, 7) is 6.05. The fourth-order valence-corrected chi connectivity index (χ4v) is 1.31. The van der Waals surface area contributed by atoms with Crippen LogP contribution in [0.2, 0.25) is 0 Å². The molecule has 3 nitrogen and oxygen atoms in total. The lowest BCUT2D eigenvalue weighted by atomic mass is 9.84. The molecule has 1 unspecified atom stereocenters. The van der Waals surface area contributed by atoms with Gasteiger partial charge in [-0.1, -0.05) is 20.8 Å². The minimum absolute atomic E-state index is 0.0243. The Morgan fingerprint density at radius 2 is 2.08 bits per heavy atom. The van der Waals surface area contributed by atoms with E-state index in [1.54, 1.807) is 0 Å². The molecule has 13 heavy (non-hydrogen) atoms. The lowest BCUT2D eigenvalue weighted by Gasteiger charge is -2.30. The average Bonchev–Trinajstić information content (AvgIpc) is 1.95. The van der Waals surface area contributed by atoms with Crippen LogP contribution in [0.3, 0.4) is 0 Å². The van der Waals surface area contributed by atoms with Crippen molar-refractivity contribution in [2.75, 3.05) is 5.88 Å². The maximum absolute atomic E-state index is 10.5. The fourth-order valence-electron chi connectivity index (χ4n) is 1.15. The summed E-state index contributed by atoms with van der Waals surface area (Å²) in [6, 6.07) is -0.0243. The van der Waals surface area contributed by atoms with E-state index < -0.39 is 6.09 Å². The Hall–Kier alpha value is -0.440. The van der Waals surface area contributed by atoms with Gasteiger partial charge in [-0.15, -0.1) is 11.6 Å². The van der Waals surface area contributed by atoms with E-state index in [9.17, 15) is 4.79 Å². The largest absolute Gasteiger partial charge is 0.465 e. The molecule has 2 N–H and O–H groups in total. The predicted molar refractivity (Wildman–Crippen MR) is 54.4 cm³/mol. The van der Waals surface area contributed by atoms with E-state index in [0.29, 0.717) is 5.88 Å². The molecule has 0 aromatic rings. The SMILES string of the molecule is CC(C)(C)C(CCCCl)NC(=O)O. The second-order valence-electron chi connectivity index (χ2n) is 4.20. The molecule has 0 fully saturated rings. The van der Waals surface area contributed by atoms with Crippen molar-refractivity contribution in [3.63, 3.8) is 0 Å². The van der Waals surface area contributed by atoms with Crippen LogP contribution in [0.25, 0.3) is 0 Å². The van der Waals surface area contributed by atoms with Crippen molar-refractivity contribution in [2.45, 2.75) is 39.7 Å². The van der Waals surface area contributed by atoms with Gasteiger partial charge in [0, 0.05) is 11.9 Å². The number of amides is 1. The van der Waals surface area contributed by atoms with Gasteiger partial charge < -0.3 is 10.4 Å². The molecule has 1 atom stereocenters. The molecular formula is C9H18ClNO2. The van der Waals surface area contributed by atoms with Gasteiger partial charge in [0.05, 0.1) is 0 Å². The van der Waals surface area contributed by atoms with Crippen LogP contribution in [-0.4, -0.2) is 23.1 Å². The summed E-state index contributed by atoms with van der Waals surface area (Å²) in [7, 11) is 0. The van der Waals surface area contributed by atoms with Crippen LogP contribution in [0.15, 0.2) is 0 Å². The van der Waals surface area contributed by atoms with Gasteiger partial charge in [0.2, 0.25) is 0 Å². The Labute approximate surface area is 84.5 Å². The summed E-state index contributed by atoms with van der Waals surface area (Å²) in [5.41, 5.74) is -0.0511. The third kappa shape index (κ3) is 5.75. The predicted octanol–water partition coefficient (Wildman–Crippen LogP) is 2.69. The van der Waals surface area contributed by atoms with Crippen LogP contribution in [0.1, 0.15) is 33.6 Å². The third-order valence-electron chi connectivity index (χ3n) is 1.97. The summed E-state index contributed by atoms with van der Waals surface area (Å²) in [5, 5.41) is 11.1.